The summed E-state index contributed by atoms with van der Waals surface area (Å²) in [4.78, 5) is 32.9. The smallest absolute Gasteiger partial charge is 0.326 e. The van der Waals surface area contributed by atoms with E-state index in [1.54, 1.807) is 6.92 Å². The average Bonchev–Trinajstić information content (AvgIpc) is 2.16. The number of amides is 1. The predicted octanol–water partition coefficient (Wildman–Crippen LogP) is 0.725. The van der Waals surface area contributed by atoms with Crippen LogP contribution in [0.2, 0.25) is 0 Å². The van der Waals surface area contributed by atoms with Crippen molar-refractivity contribution in [2.75, 3.05) is 0 Å². The van der Waals surface area contributed by atoms with Gasteiger partial charge >= 0.3 is 5.97 Å². The molecule has 0 aromatic rings. The third-order valence-electron chi connectivity index (χ3n) is 1.94. The summed E-state index contributed by atoms with van der Waals surface area (Å²) < 4.78 is 0. The molecule has 0 aliphatic heterocycles. The van der Waals surface area contributed by atoms with Crippen molar-refractivity contribution >= 4 is 17.7 Å². The molecular formula is C10H17NO4. The minimum atomic E-state index is -1.17. The molecule has 0 radical (unpaired) electrons. The van der Waals surface area contributed by atoms with Gasteiger partial charge in [0.1, 0.15) is 11.8 Å². The van der Waals surface area contributed by atoms with E-state index in [4.69, 9.17) is 5.11 Å². The predicted molar refractivity (Wildman–Crippen MR) is 54.4 cm³/mol. The Morgan fingerprint density at radius 1 is 1.27 bits per heavy atom. The normalized spacial score (nSPS) is 11.9. The number of rotatable bonds is 7. The highest BCUT2D eigenvalue weighted by atomic mass is 16.4. The lowest BCUT2D eigenvalue weighted by atomic mass is 10.1. The highest BCUT2D eigenvalue weighted by Crippen LogP contribution is 1.98. The van der Waals surface area contributed by atoms with Crippen LogP contribution in [0.5, 0.6) is 0 Å². The van der Waals surface area contributed by atoms with Gasteiger partial charge in [-0.25, -0.2) is 4.79 Å². The Bertz CT molecular complexity index is 250. The van der Waals surface area contributed by atoms with E-state index in [0.29, 0.717) is 6.42 Å². The van der Waals surface area contributed by atoms with Gasteiger partial charge in [0.2, 0.25) is 5.91 Å². The lowest BCUT2D eigenvalue weighted by Gasteiger charge is -2.12. The molecule has 5 nitrogen and oxygen atoms in total. The number of aliphatic carboxylic acids is 1. The maximum Gasteiger partial charge on any atom is 0.326 e. The van der Waals surface area contributed by atoms with Crippen LogP contribution < -0.4 is 5.32 Å². The Balaban J connectivity index is 4.22. The molecule has 0 aliphatic carbocycles. The van der Waals surface area contributed by atoms with Gasteiger partial charge in [0.25, 0.3) is 0 Å². The van der Waals surface area contributed by atoms with Gasteiger partial charge in [0, 0.05) is 19.3 Å². The Morgan fingerprint density at radius 2 is 1.87 bits per heavy atom. The fraction of sp³-hybridized carbons (Fsp3) is 0.700. The molecule has 0 fully saturated rings. The molecule has 0 saturated carbocycles. The molecule has 1 unspecified atom stereocenters. The van der Waals surface area contributed by atoms with Crippen molar-refractivity contribution in [3.63, 3.8) is 0 Å². The summed E-state index contributed by atoms with van der Waals surface area (Å²) >= 11 is 0. The summed E-state index contributed by atoms with van der Waals surface area (Å²) in [6, 6.07) is -1.09. The van der Waals surface area contributed by atoms with Crippen LogP contribution >= 0.6 is 0 Å². The molecule has 1 amide bonds. The van der Waals surface area contributed by atoms with Crippen LogP contribution in [0, 0.1) is 0 Å². The molecule has 0 aliphatic rings. The summed E-state index contributed by atoms with van der Waals surface area (Å²) in [6.45, 7) is 3.49. The number of ketones is 1. The fourth-order valence-corrected chi connectivity index (χ4v) is 1.07. The van der Waals surface area contributed by atoms with Crippen molar-refractivity contribution < 1.29 is 19.5 Å². The van der Waals surface area contributed by atoms with E-state index in [-0.39, 0.29) is 31.0 Å². The highest BCUT2D eigenvalue weighted by molar-refractivity contribution is 5.89. The quantitative estimate of drug-likeness (QED) is 0.655. The first-order valence-corrected chi connectivity index (χ1v) is 5.05. The third-order valence-corrected chi connectivity index (χ3v) is 1.94. The number of hydrogen-bond donors (Lipinski definition) is 2. The van der Waals surface area contributed by atoms with E-state index in [9.17, 15) is 14.4 Å². The van der Waals surface area contributed by atoms with Crippen molar-refractivity contribution in [3.05, 3.63) is 0 Å². The van der Waals surface area contributed by atoms with E-state index in [1.807, 2.05) is 6.92 Å². The minimum absolute atomic E-state index is 0.138. The zero-order valence-corrected chi connectivity index (χ0v) is 9.08. The maximum absolute atomic E-state index is 11.1. The Hall–Kier alpha value is -1.39. The molecule has 0 rings (SSSR count). The van der Waals surface area contributed by atoms with Crippen LogP contribution in [0.15, 0.2) is 0 Å². The number of nitrogens with one attached hydrogen (secondary N) is 1. The first kappa shape index (κ1) is 13.6. The van der Waals surface area contributed by atoms with Crippen molar-refractivity contribution in [2.24, 2.45) is 0 Å². The van der Waals surface area contributed by atoms with Crippen LogP contribution in [0.3, 0.4) is 0 Å². The SMILES string of the molecule is CCCC(=O)NC(CC(=O)CC)C(=O)O. The Morgan fingerprint density at radius 3 is 2.27 bits per heavy atom. The number of carbonyl (C=O) groups is 3. The summed E-state index contributed by atoms with van der Waals surface area (Å²) in [5.74, 6) is -1.66. The largest absolute Gasteiger partial charge is 0.480 e. The Labute approximate surface area is 88.9 Å². The van der Waals surface area contributed by atoms with Crippen LogP contribution in [-0.2, 0) is 14.4 Å². The lowest BCUT2D eigenvalue weighted by Crippen LogP contribution is -2.42. The second-order valence-electron chi connectivity index (χ2n) is 3.30. The Kier molecular flexibility index (Phi) is 6.33. The van der Waals surface area contributed by atoms with Crippen molar-refractivity contribution in [1.82, 2.24) is 5.32 Å². The third kappa shape index (κ3) is 5.83. The van der Waals surface area contributed by atoms with Crippen molar-refractivity contribution in [3.8, 4) is 0 Å². The van der Waals surface area contributed by atoms with Gasteiger partial charge in [0.05, 0.1) is 0 Å². The van der Waals surface area contributed by atoms with Crippen LogP contribution in [-0.4, -0.2) is 28.8 Å². The minimum Gasteiger partial charge on any atom is -0.480 e. The monoisotopic (exact) mass is 215 g/mol. The van der Waals surface area contributed by atoms with E-state index in [0.717, 1.165) is 0 Å². The number of carbonyl (C=O) groups excluding carboxylic acids is 2. The molecule has 0 aromatic heterocycles. The summed E-state index contributed by atoms with van der Waals surface area (Å²) in [5, 5.41) is 11.1. The lowest BCUT2D eigenvalue weighted by molar-refractivity contribution is -0.143. The molecule has 86 valence electrons. The maximum atomic E-state index is 11.1. The standard InChI is InChI=1S/C10H17NO4/c1-3-5-9(13)11-8(10(14)15)6-7(12)4-2/h8H,3-6H2,1-2H3,(H,11,13)(H,14,15). The number of hydrogen-bond acceptors (Lipinski definition) is 3. The first-order chi connectivity index (χ1) is 7.01. The molecule has 0 aromatic carbocycles. The topological polar surface area (TPSA) is 83.5 Å². The summed E-state index contributed by atoms with van der Waals surface area (Å²) in [7, 11) is 0. The molecule has 0 saturated heterocycles. The van der Waals surface area contributed by atoms with Crippen LogP contribution in [0.25, 0.3) is 0 Å². The summed E-state index contributed by atoms with van der Waals surface area (Å²) in [5.41, 5.74) is 0. The van der Waals surface area contributed by atoms with E-state index in [2.05, 4.69) is 5.32 Å². The number of carboxylic acid groups (broad SMARTS) is 1. The van der Waals surface area contributed by atoms with Gasteiger partial charge in [-0.3, -0.25) is 9.59 Å². The second kappa shape index (κ2) is 6.98. The number of Topliss-reactive ketones (excluding diaryl/α,β-unsaturated/α-hetero) is 1. The second-order valence-corrected chi connectivity index (χ2v) is 3.30. The highest BCUT2D eigenvalue weighted by Gasteiger charge is 2.21. The first-order valence-electron chi connectivity index (χ1n) is 5.05. The van der Waals surface area contributed by atoms with Gasteiger partial charge < -0.3 is 10.4 Å². The molecule has 0 spiro atoms. The van der Waals surface area contributed by atoms with Crippen LogP contribution in [0.4, 0.5) is 0 Å². The van der Waals surface area contributed by atoms with Gasteiger partial charge in [-0.05, 0) is 6.42 Å². The van der Waals surface area contributed by atoms with Gasteiger partial charge in [-0.2, -0.15) is 0 Å². The van der Waals surface area contributed by atoms with Crippen molar-refractivity contribution in [2.45, 2.75) is 45.6 Å². The average molecular weight is 215 g/mol. The molecule has 2 N–H and O–H groups in total. The summed E-state index contributed by atoms with van der Waals surface area (Å²) in [6.07, 6.45) is 1.08. The van der Waals surface area contributed by atoms with Gasteiger partial charge in [-0.1, -0.05) is 13.8 Å². The van der Waals surface area contributed by atoms with Gasteiger partial charge in [0.15, 0.2) is 0 Å². The van der Waals surface area contributed by atoms with Crippen molar-refractivity contribution in [1.29, 1.82) is 0 Å². The molecule has 1 atom stereocenters. The molecule has 15 heavy (non-hydrogen) atoms. The number of carboxylic acids is 1. The molecular weight excluding hydrogens is 198 g/mol. The van der Waals surface area contributed by atoms with E-state index >= 15 is 0 Å². The van der Waals surface area contributed by atoms with Gasteiger partial charge in [-0.15, -0.1) is 0 Å². The molecule has 5 heteroatoms. The van der Waals surface area contributed by atoms with Crippen LogP contribution in [0.1, 0.15) is 39.5 Å². The fourth-order valence-electron chi connectivity index (χ4n) is 1.07. The molecule has 0 bridgehead atoms. The van der Waals surface area contributed by atoms with E-state index < -0.39 is 12.0 Å². The zero-order chi connectivity index (χ0) is 11.8. The zero-order valence-electron chi connectivity index (χ0n) is 9.08. The van der Waals surface area contributed by atoms with E-state index in [1.165, 1.54) is 0 Å². The molecule has 0 heterocycles.